The van der Waals surface area contributed by atoms with Crippen LogP contribution in [0.15, 0.2) is 33.6 Å². The second kappa shape index (κ2) is 8.26. The van der Waals surface area contributed by atoms with Crippen LogP contribution in [0.3, 0.4) is 0 Å². The number of aliphatic hydroxyl groups is 1. The summed E-state index contributed by atoms with van der Waals surface area (Å²) >= 11 is 0. The Kier molecular flexibility index (Phi) is 6.15. The minimum Gasteiger partial charge on any atom is -0.504 e. The molecule has 5 nitrogen and oxygen atoms in total. The Labute approximate surface area is 210 Å². The number of aliphatic hydroxyl groups excluding tert-OH is 1. The van der Waals surface area contributed by atoms with Gasteiger partial charge in [0.25, 0.3) is 0 Å². The predicted octanol–water partition coefficient (Wildman–Crippen LogP) is 6.52. The third-order valence-corrected chi connectivity index (χ3v) is 10.1. The summed E-state index contributed by atoms with van der Waals surface area (Å²) in [5, 5.41) is 11.1. The van der Waals surface area contributed by atoms with Crippen LogP contribution < -0.4 is 0 Å². The van der Waals surface area contributed by atoms with Crippen molar-refractivity contribution < 1.29 is 24.2 Å². The molecular formula is C30H42O5. The van der Waals surface area contributed by atoms with Crippen LogP contribution in [0.4, 0.5) is 0 Å². The minimum absolute atomic E-state index is 0.0146. The normalized spacial score (nSPS) is 35.2. The molecule has 1 aliphatic heterocycles. The monoisotopic (exact) mass is 482 g/mol. The van der Waals surface area contributed by atoms with E-state index in [4.69, 9.17) is 4.74 Å². The number of ether oxygens (including phenoxy) is 1. The van der Waals surface area contributed by atoms with Crippen LogP contribution in [0, 0.1) is 16.2 Å². The molecule has 0 amide bonds. The van der Waals surface area contributed by atoms with Gasteiger partial charge in [0.2, 0.25) is 5.78 Å². The van der Waals surface area contributed by atoms with E-state index in [0.717, 1.165) is 37.7 Å². The van der Waals surface area contributed by atoms with Gasteiger partial charge < -0.3 is 9.84 Å². The number of allylic oxidation sites excluding steroid dienone is 4. The van der Waals surface area contributed by atoms with Gasteiger partial charge in [-0.1, -0.05) is 23.6 Å². The van der Waals surface area contributed by atoms with Crippen LogP contribution in [-0.2, 0) is 19.1 Å². The molecule has 35 heavy (non-hydrogen) atoms. The third kappa shape index (κ3) is 3.72. The Morgan fingerprint density at radius 1 is 0.914 bits per heavy atom. The van der Waals surface area contributed by atoms with E-state index in [1.54, 1.807) is 6.92 Å². The van der Waals surface area contributed by atoms with Crippen LogP contribution in [0.2, 0.25) is 0 Å². The van der Waals surface area contributed by atoms with E-state index >= 15 is 0 Å². The number of rotatable bonds is 3. The third-order valence-electron chi connectivity index (χ3n) is 10.1. The summed E-state index contributed by atoms with van der Waals surface area (Å²) in [4.78, 5) is 38.7. The molecule has 0 aromatic carbocycles. The summed E-state index contributed by atoms with van der Waals surface area (Å²) in [5.41, 5.74) is 2.50. The second-order valence-corrected chi connectivity index (χ2v) is 12.7. The molecule has 0 radical (unpaired) electrons. The molecule has 192 valence electrons. The second-order valence-electron chi connectivity index (χ2n) is 12.7. The number of carbonyl (C=O) groups is 3. The Hall–Kier alpha value is -2.01. The Morgan fingerprint density at radius 3 is 2.20 bits per heavy atom. The van der Waals surface area contributed by atoms with Gasteiger partial charge in [-0.2, -0.15) is 0 Å². The molecule has 1 heterocycles. The summed E-state index contributed by atoms with van der Waals surface area (Å²) in [6.07, 6.45) is 5.67. The zero-order valence-electron chi connectivity index (χ0n) is 22.8. The quantitative estimate of drug-likeness (QED) is 0.463. The molecule has 1 saturated carbocycles. The van der Waals surface area contributed by atoms with E-state index in [0.29, 0.717) is 30.4 Å². The first-order valence-corrected chi connectivity index (χ1v) is 13.2. The lowest BCUT2D eigenvalue weighted by Crippen LogP contribution is -2.48. The maximum absolute atomic E-state index is 12.9. The molecule has 5 heteroatoms. The van der Waals surface area contributed by atoms with Gasteiger partial charge >= 0.3 is 0 Å². The van der Waals surface area contributed by atoms with Gasteiger partial charge in [-0.3, -0.25) is 14.4 Å². The lowest BCUT2D eigenvalue weighted by molar-refractivity contribution is -0.150. The average Bonchev–Trinajstić information content (AvgIpc) is 2.87. The van der Waals surface area contributed by atoms with Gasteiger partial charge in [0.15, 0.2) is 11.5 Å². The molecule has 0 spiro atoms. The number of Topliss-reactive ketones (excluding diaryl/α,β-unsaturated/α-hetero) is 3. The van der Waals surface area contributed by atoms with Crippen LogP contribution in [-0.4, -0.2) is 34.2 Å². The van der Waals surface area contributed by atoms with Crippen molar-refractivity contribution >= 4 is 17.3 Å². The molecule has 0 bridgehead atoms. The molecule has 1 N–H and O–H groups in total. The fraction of sp³-hybridized carbons (Fsp3) is 0.700. The van der Waals surface area contributed by atoms with Crippen molar-refractivity contribution in [1.82, 2.24) is 0 Å². The lowest BCUT2D eigenvalue weighted by atomic mass is 9.51. The van der Waals surface area contributed by atoms with Gasteiger partial charge in [-0.05, 0) is 92.6 Å². The first-order valence-electron chi connectivity index (χ1n) is 13.2. The smallest absolute Gasteiger partial charge is 0.222 e. The maximum Gasteiger partial charge on any atom is 0.222 e. The van der Waals surface area contributed by atoms with Gasteiger partial charge in [-0.15, -0.1) is 0 Å². The fourth-order valence-electron chi connectivity index (χ4n) is 7.59. The molecule has 0 aromatic heterocycles. The van der Waals surface area contributed by atoms with Gasteiger partial charge in [0.1, 0.15) is 11.4 Å². The molecule has 2 fully saturated rings. The first-order chi connectivity index (χ1) is 16.1. The molecular weight excluding hydrogens is 440 g/mol. The number of hydrogen-bond donors (Lipinski definition) is 1. The van der Waals surface area contributed by atoms with Gasteiger partial charge in [0, 0.05) is 34.7 Å². The van der Waals surface area contributed by atoms with Crippen LogP contribution in [0.1, 0.15) is 107 Å². The van der Waals surface area contributed by atoms with Crippen LogP contribution in [0.5, 0.6) is 0 Å². The van der Waals surface area contributed by atoms with Crippen molar-refractivity contribution in [1.29, 1.82) is 0 Å². The summed E-state index contributed by atoms with van der Waals surface area (Å²) in [7, 11) is 0. The highest BCUT2D eigenvalue weighted by atomic mass is 16.5. The topological polar surface area (TPSA) is 80.7 Å². The van der Waals surface area contributed by atoms with E-state index in [-0.39, 0.29) is 34.6 Å². The molecule has 1 saturated heterocycles. The number of hydrogen-bond acceptors (Lipinski definition) is 5. The van der Waals surface area contributed by atoms with E-state index in [9.17, 15) is 19.5 Å². The zero-order valence-corrected chi connectivity index (χ0v) is 22.8. The van der Waals surface area contributed by atoms with Crippen molar-refractivity contribution in [3.8, 4) is 0 Å². The first kappa shape index (κ1) is 26.1. The standard InChI is InChI=1S/C30H42O5/c1-17-9-10-23-29(8,14-12-22(32)28(6,7)35-23)20(17)11-15-30-16-13-21(31)27(4,5)26(30)25(34)24(33)18(2)19(30)3/h23,34H,9-16H2,1-8H3. The summed E-state index contributed by atoms with van der Waals surface area (Å²) in [5.74, 6) is -0.344. The maximum atomic E-state index is 12.9. The van der Waals surface area contributed by atoms with E-state index < -0.39 is 16.4 Å². The number of ketones is 3. The predicted molar refractivity (Wildman–Crippen MR) is 136 cm³/mol. The van der Waals surface area contributed by atoms with Crippen molar-refractivity contribution in [2.45, 2.75) is 118 Å². The lowest BCUT2D eigenvalue weighted by Gasteiger charge is -2.51. The van der Waals surface area contributed by atoms with Crippen LogP contribution >= 0.6 is 0 Å². The van der Waals surface area contributed by atoms with Gasteiger partial charge in [-0.25, -0.2) is 0 Å². The van der Waals surface area contributed by atoms with Crippen LogP contribution in [0.25, 0.3) is 0 Å². The highest BCUT2D eigenvalue weighted by molar-refractivity contribution is 6.10. The van der Waals surface area contributed by atoms with Crippen molar-refractivity contribution in [3.63, 3.8) is 0 Å². The number of carbonyl (C=O) groups excluding carboxylic acids is 3. The molecule has 3 unspecified atom stereocenters. The molecule has 4 rings (SSSR count). The summed E-state index contributed by atoms with van der Waals surface area (Å²) in [6.45, 7) is 15.7. The van der Waals surface area contributed by atoms with E-state index in [2.05, 4.69) is 13.8 Å². The summed E-state index contributed by atoms with van der Waals surface area (Å²) in [6, 6.07) is 0. The highest BCUT2D eigenvalue weighted by Crippen LogP contribution is 2.60. The highest BCUT2D eigenvalue weighted by Gasteiger charge is 2.56. The van der Waals surface area contributed by atoms with E-state index in [1.165, 1.54) is 11.1 Å². The fourth-order valence-corrected chi connectivity index (χ4v) is 7.59. The minimum atomic E-state index is -0.885. The largest absolute Gasteiger partial charge is 0.504 e. The summed E-state index contributed by atoms with van der Waals surface area (Å²) < 4.78 is 6.48. The number of fused-ring (bicyclic) bond motifs is 2. The van der Waals surface area contributed by atoms with Crippen molar-refractivity contribution in [2.24, 2.45) is 16.2 Å². The average molecular weight is 483 g/mol. The Bertz CT molecular complexity index is 1100. The zero-order chi connectivity index (χ0) is 26.1. The molecule has 0 aromatic rings. The SMILES string of the molecule is CC1=C(CCC23CCC(=O)C(C)(C)C2=C(O)C(=O)C(C)=C3C)C2(C)CCC(=O)C(C)(C)OC2CC1. The van der Waals surface area contributed by atoms with E-state index in [1.807, 2.05) is 34.6 Å². The Balaban J connectivity index is 1.76. The van der Waals surface area contributed by atoms with Crippen molar-refractivity contribution in [2.75, 3.05) is 0 Å². The molecule has 4 aliphatic rings. The van der Waals surface area contributed by atoms with Gasteiger partial charge in [0.05, 0.1) is 6.10 Å². The Morgan fingerprint density at radius 2 is 1.54 bits per heavy atom. The molecule has 3 atom stereocenters. The van der Waals surface area contributed by atoms with Crippen molar-refractivity contribution in [3.05, 3.63) is 33.6 Å². The molecule has 3 aliphatic carbocycles.